The lowest BCUT2D eigenvalue weighted by molar-refractivity contribution is -0.106. The number of nitrogens with zero attached hydrogens (tertiary/aromatic N) is 2. The third-order valence-corrected chi connectivity index (χ3v) is 1.59. The lowest BCUT2D eigenvalue weighted by Crippen LogP contribution is -1.90. The van der Waals surface area contributed by atoms with Crippen LogP contribution in [0.2, 0.25) is 10.3 Å². The number of carbonyl (C=O) groups excluding carboxylic acids is 1. The smallest absolute Gasteiger partial charge is 0.204 e. The van der Waals surface area contributed by atoms with Gasteiger partial charge in [-0.05, 0) is 6.42 Å². The monoisotopic (exact) mass is 221 g/mol. The van der Waals surface area contributed by atoms with Crippen LogP contribution in [0, 0.1) is 0 Å². The van der Waals surface area contributed by atoms with Gasteiger partial charge in [-0.25, -0.2) is 4.98 Å². The van der Waals surface area contributed by atoms with Crippen molar-refractivity contribution in [3.8, 4) is 0 Å². The van der Waals surface area contributed by atoms with Gasteiger partial charge in [0.05, 0.1) is 11.9 Å². The Kier molecular flexibility index (Phi) is 6.18. The van der Waals surface area contributed by atoms with Gasteiger partial charge in [0.1, 0.15) is 5.15 Å². The minimum Gasteiger partial charge on any atom is -0.372 e. The van der Waals surface area contributed by atoms with Gasteiger partial charge < -0.3 is 5.73 Å². The summed E-state index contributed by atoms with van der Waals surface area (Å²) in [6.07, 6.45) is 2.52. The summed E-state index contributed by atoms with van der Waals surface area (Å²) in [4.78, 5) is 16.4. The van der Waals surface area contributed by atoms with Crippen LogP contribution in [0.4, 0.5) is 0 Å². The Morgan fingerprint density at radius 1 is 1.62 bits per heavy atom. The first-order chi connectivity index (χ1) is 6.15. The highest BCUT2D eigenvalue weighted by atomic mass is 35.5. The van der Waals surface area contributed by atoms with Gasteiger partial charge in [0.25, 0.3) is 0 Å². The number of halogens is 2. The van der Waals surface area contributed by atoms with Crippen LogP contribution in [0.25, 0.3) is 0 Å². The predicted octanol–water partition coefficient (Wildman–Crippen LogP) is 1.45. The number of aromatic nitrogens is 2. The fourth-order valence-electron chi connectivity index (χ4n) is 0.609. The number of rotatable bonds is 1. The molecule has 1 aromatic heterocycles. The van der Waals surface area contributed by atoms with Crippen molar-refractivity contribution < 1.29 is 4.79 Å². The van der Waals surface area contributed by atoms with Gasteiger partial charge in [-0.15, -0.1) is 0 Å². The molecule has 0 aromatic carbocycles. The van der Waals surface area contributed by atoms with Gasteiger partial charge in [0.15, 0.2) is 5.15 Å². The highest BCUT2D eigenvalue weighted by Gasteiger charge is 2.00. The summed E-state index contributed by atoms with van der Waals surface area (Å²) in [5.41, 5.74) is 4.95. The molecule has 0 atom stereocenters. The maximum absolute atomic E-state index is 8.58. The molecule has 0 bridgehead atoms. The fraction of sp³-hybridized carbons (Fsp3) is 0.286. The molecule has 0 aliphatic carbocycles. The second-order valence-electron chi connectivity index (χ2n) is 1.92. The maximum atomic E-state index is 8.58. The van der Waals surface area contributed by atoms with Gasteiger partial charge in [0, 0.05) is 0 Å². The van der Waals surface area contributed by atoms with Gasteiger partial charge in [-0.3, -0.25) is 9.78 Å². The Balaban J connectivity index is 0.000000424. The molecule has 0 saturated heterocycles. The van der Waals surface area contributed by atoms with E-state index in [0.29, 0.717) is 10.3 Å². The van der Waals surface area contributed by atoms with Crippen molar-refractivity contribution in [3.63, 3.8) is 0 Å². The molecule has 0 aliphatic heterocycles. The van der Waals surface area contributed by atoms with Crippen LogP contribution in [0.5, 0.6) is 0 Å². The van der Waals surface area contributed by atoms with E-state index in [9.17, 15) is 0 Å². The van der Waals surface area contributed by atoms with Gasteiger partial charge in [-0.1, -0.05) is 30.1 Å². The molecule has 0 spiro atoms. The van der Waals surface area contributed by atoms with E-state index in [4.69, 9.17) is 28.0 Å². The molecule has 4 nitrogen and oxygen atoms in total. The van der Waals surface area contributed by atoms with E-state index in [1.54, 1.807) is 0 Å². The molecular weight excluding hydrogens is 213 g/mol. The molecule has 6 heteroatoms. The topological polar surface area (TPSA) is 68.9 Å². The lowest BCUT2D eigenvalue weighted by Gasteiger charge is -1.96. The number of aryl methyl sites for hydroxylation is 1. The zero-order valence-electron chi connectivity index (χ0n) is 7.00. The van der Waals surface area contributed by atoms with Crippen molar-refractivity contribution in [3.05, 3.63) is 22.2 Å². The van der Waals surface area contributed by atoms with Gasteiger partial charge in [0.2, 0.25) is 6.41 Å². The van der Waals surface area contributed by atoms with E-state index < -0.39 is 0 Å². The van der Waals surface area contributed by atoms with Crippen LogP contribution >= 0.6 is 23.2 Å². The van der Waals surface area contributed by atoms with E-state index in [2.05, 4.69) is 15.7 Å². The van der Waals surface area contributed by atoms with Crippen LogP contribution in [-0.4, -0.2) is 16.4 Å². The molecule has 0 aliphatic rings. The average molecular weight is 222 g/mol. The third kappa shape index (κ3) is 4.65. The van der Waals surface area contributed by atoms with Gasteiger partial charge >= 0.3 is 0 Å². The highest BCUT2D eigenvalue weighted by molar-refractivity contribution is 6.32. The molecule has 1 rings (SSSR count). The van der Waals surface area contributed by atoms with Crippen molar-refractivity contribution in [1.82, 2.24) is 9.97 Å². The molecule has 1 amide bonds. The predicted molar refractivity (Wildman–Crippen MR) is 51.7 cm³/mol. The van der Waals surface area contributed by atoms with Crippen molar-refractivity contribution in [2.45, 2.75) is 13.3 Å². The Morgan fingerprint density at radius 3 is 2.54 bits per heavy atom. The summed E-state index contributed by atoms with van der Waals surface area (Å²) in [7, 11) is 0. The average Bonchev–Trinajstić information content (AvgIpc) is 2.06. The number of carbonyl (C=O) groups is 1. The third-order valence-electron chi connectivity index (χ3n) is 1.10. The Labute approximate surface area is 86.1 Å². The first kappa shape index (κ1) is 12.1. The van der Waals surface area contributed by atoms with E-state index in [-0.39, 0.29) is 6.41 Å². The molecule has 72 valence electrons. The van der Waals surface area contributed by atoms with Crippen molar-refractivity contribution in [2.24, 2.45) is 5.73 Å². The SMILES string of the molecule is CCc1ncc(Cl)nc1Cl.NC=O. The quantitative estimate of drug-likeness (QED) is 0.731. The summed E-state index contributed by atoms with van der Waals surface area (Å²) >= 11 is 11.2. The normalized spacial score (nSPS) is 8.54. The van der Waals surface area contributed by atoms with Crippen molar-refractivity contribution in [1.29, 1.82) is 0 Å². The van der Waals surface area contributed by atoms with Crippen LogP contribution < -0.4 is 5.73 Å². The summed E-state index contributed by atoms with van der Waals surface area (Å²) in [5.74, 6) is 0. The number of primary amides is 1. The van der Waals surface area contributed by atoms with Crippen LogP contribution in [-0.2, 0) is 11.2 Å². The van der Waals surface area contributed by atoms with Crippen LogP contribution in [0.3, 0.4) is 0 Å². The molecule has 0 saturated carbocycles. The zero-order valence-corrected chi connectivity index (χ0v) is 8.51. The van der Waals surface area contributed by atoms with Crippen LogP contribution in [0.1, 0.15) is 12.6 Å². The summed E-state index contributed by atoms with van der Waals surface area (Å²) < 4.78 is 0. The minimum absolute atomic E-state index is 0.250. The van der Waals surface area contributed by atoms with Gasteiger partial charge in [-0.2, -0.15) is 0 Å². The molecular formula is C7H9Cl2N3O. The van der Waals surface area contributed by atoms with E-state index in [1.807, 2.05) is 6.92 Å². The number of nitrogens with two attached hydrogens (primary N) is 1. The first-order valence-corrected chi connectivity index (χ1v) is 4.23. The number of amides is 1. The fourth-order valence-corrected chi connectivity index (χ4v) is 1.06. The van der Waals surface area contributed by atoms with E-state index in [1.165, 1.54) is 6.20 Å². The molecule has 1 heterocycles. The van der Waals surface area contributed by atoms with Crippen molar-refractivity contribution >= 4 is 29.6 Å². The Bertz CT molecular complexity index is 280. The zero-order chi connectivity index (χ0) is 10.3. The van der Waals surface area contributed by atoms with E-state index >= 15 is 0 Å². The summed E-state index contributed by atoms with van der Waals surface area (Å²) in [6.45, 7) is 1.96. The van der Waals surface area contributed by atoms with E-state index in [0.717, 1.165) is 12.1 Å². The second kappa shape index (κ2) is 6.62. The molecule has 1 aromatic rings. The largest absolute Gasteiger partial charge is 0.372 e. The summed E-state index contributed by atoms with van der Waals surface area (Å²) in [5, 5.41) is 0.734. The lowest BCUT2D eigenvalue weighted by atomic mass is 10.4. The summed E-state index contributed by atoms with van der Waals surface area (Å²) in [6, 6.07) is 0. The molecule has 2 N–H and O–H groups in total. The number of hydrogen-bond donors (Lipinski definition) is 1. The number of hydrogen-bond acceptors (Lipinski definition) is 3. The highest BCUT2D eigenvalue weighted by Crippen LogP contribution is 2.13. The first-order valence-electron chi connectivity index (χ1n) is 3.48. The molecule has 13 heavy (non-hydrogen) atoms. The van der Waals surface area contributed by atoms with Crippen LogP contribution in [0.15, 0.2) is 6.20 Å². The standard InChI is InChI=1S/C6H6Cl2N2.CH3NO/c1-2-4-6(8)10-5(7)3-9-4;2-1-3/h3H,2H2,1H3;1H,(H2,2,3). The molecule has 0 radical (unpaired) electrons. The Morgan fingerprint density at radius 2 is 2.15 bits per heavy atom. The molecule has 0 fully saturated rings. The van der Waals surface area contributed by atoms with Crippen molar-refractivity contribution in [2.75, 3.05) is 0 Å². The molecule has 0 unspecified atom stereocenters. The minimum atomic E-state index is 0.250. The Hall–Kier alpha value is -0.870. The second-order valence-corrected chi connectivity index (χ2v) is 2.67. The maximum Gasteiger partial charge on any atom is 0.204 e.